The second-order valence-electron chi connectivity index (χ2n) is 7.00. The normalized spacial score (nSPS) is 29.3. The first-order valence-corrected chi connectivity index (χ1v) is 8.04. The van der Waals surface area contributed by atoms with Crippen LogP contribution in [0.25, 0.3) is 0 Å². The van der Waals surface area contributed by atoms with Gasteiger partial charge in [0.25, 0.3) is 5.91 Å². The summed E-state index contributed by atoms with van der Waals surface area (Å²) in [5, 5.41) is 3.23. The zero-order valence-corrected chi connectivity index (χ0v) is 13.6. The Hall–Kier alpha value is -1.39. The van der Waals surface area contributed by atoms with E-state index in [1.54, 1.807) is 7.11 Å². The van der Waals surface area contributed by atoms with E-state index in [-0.39, 0.29) is 23.5 Å². The van der Waals surface area contributed by atoms with Crippen LogP contribution in [0.5, 0.6) is 0 Å². The van der Waals surface area contributed by atoms with Gasteiger partial charge in [0, 0.05) is 36.7 Å². The minimum absolute atomic E-state index is 0.0000477. The Bertz CT molecular complexity index is 555. The van der Waals surface area contributed by atoms with E-state index in [1.807, 2.05) is 24.3 Å². The number of ether oxygens (including phenoxy) is 2. The van der Waals surface area contributed by atoms with Gasteiger partial charge in [0.2, 0.25) is 0 Å². The van der Waals surface area contributed by atoms with Crippen molar-refractivity contribution in [2.45, 2.75) is 45.4 Å². The Kier molecular flexibility index (Phi) is 4.24. The van der Waals surface area contributed by atoms with E-state index in [9.17, 15) is 4.79 Å². The van der Waals surface area contributed by atoms with Crippen LogP contribution < -0.4 is 5.32 Å². The standard InChI is InChI=1S/C18H25NO3/c1-18(2)15(14-8-5-9-22-16(14)18)19-17(20)13-7-4-6-12(10-13)11-21-3/h4,6-7,10,14-16H,5,8-9,11H2,1-3H3,(H,19,20)/t14-,15+,16-/m0/s1. The van der Waals surface area contributed by atoms with E-state index in [4.69, 9.17) is 9.47 Å². The molecule has 1 heterocycles. The first-order valence-electron chi connectivity index (χ1n) is 8.04. The molecule has 0 bridgehead atoms. The quantitative estimate of drug-likeness (QED) is 0.930. The highest BCUT2D eigenvalue weighted by molar-refractivity contribution is 5.94. The van der Waals surface area contributed by atoms with Crippen LogP contribution in [0.4, 0.5) is 0 Å². The number of rotatable bonds is 4. The largest absolute Gasteiger partial charge is 0.380 e. The fourth-order valence-electron chi connectivity index (χ4n) is 4.01. The Morgan fingerprint density at radius 3 is 3.05 bits per heavy atom. The summed E-state index contributed by atoms with van der Waals surface area (Å²) in [7, 11) is 1.66. The maximum atomic E-state index is 12.6. The SMILES string of the molecule is COCc1cccc(C(=O)N[C@@H]2[C@@H]3CCCO[C@@H]3C2(C)C)c1. The maximum absolute atomic E-state index is 12.6. The summed E-state index contributed by atoms with van der Waals surface area (Å²) in [5.74, 6) is 0.454. The number of carbonyl (C=O) groups is 1. The number of carbonyl (C=O) groups excluding carboxylic acids is 1. The summed E-state index contributed by atoms with van der Waals surface area (Å²) in [5.41, 5.74) is 1.72. The topological polar surface area (TPSA) is 47.6 Å². The molecule has 1 aliphatic carbocycles. The van der Waals surface area contributed by atoms with Crippen molar-refractivity contribution in [3.8, 4) is 0 Å². The predicted molar refractivity (Wildman–Crippen MR) is 84.7 cm³/mol. The van der Waals surface area contributed by atoms with Gasteiger partial charge in [-0.25, -0.2) is 0 Å². The Morgan fingerprint density at radius 1 is 1.45 bits per heavy atom. The van der Waals surface area contributed by atoms with Gasteiger partial charge < -0.3 is 14.8 Å². The van der Waals surface area contributed by atoms with Crippen LogP contribution >= 0.6 is 0 Å². The summed E-state index contributed by atoms with van der Waals surface area (Å²) >= 11 is 0. The van der Waals surface area contributed by atoms with Crippen molar-refractivity contribution in [1.29, 1.82) is 0 Å². The molecule has 1 aliphatic heterocycles. The molecule has 4 heteroatoms. The highest BCUT2D eigenvalue weighted by Crippen LogP contribution is 2.51. The lowest BCUT2D eigenvalue weighted by Gasteiger charge is -2.59. The van der Waals surface area contributed by atoms with Gasteiger partial charge in [-0.05, 0) is 30.5 Å². The summed E-state index contributed by atoms with van der Waals surface area (Å²) in [6.07, 6.45) is 2.52. The van der Waals surface area contributed by atoms with Gasteiger partial charge >= 0.3 is 0 Å². The molecule has 1 saturated carbocycles. The van der Waals surface area contributed by atoms with Gasteiger partial charge in [-0.3, -0.25) is 4.79 Å². The molecule has 2 fully saturated rings. The molecule has 1 N–H and O–H groups in total. The Labute approximate surface area is 132 Å². The van der Waals surface area contributed by atoms with E-state index >= 15 is 0 Å². The number of hydrogen-bond acceptors (Lipinski definition) is 3. The van der Waals surface area contributed by atoms with Crippen molar-refractivity contribution >= 4 is 5.91 Å². The molecule has 0 aromatic heterocycles. The van der Waals surface area contributed by atoms with E-state index in [2.05, 4.69) is 19.2 Å². The monoisotopic (exact) mass is 303 g/mol. The van der Waals surface area contributed by atoms with Crippen molar-refractivity contribution in [2.24, 2.45) is 11.3 Å². The van der Waals surface area contributed by atoms with Crippen molar-refractivity contribution in [1.82, 2.24) is 5.32 Å². The van der Waals surface area contributed by atoms with E-state index in [0.29, 0.717) is 18.1 Å². The second-order valence-corrected chi connectivity index (χ2v) is 7.00. The lowest BCUT2D eigenvalue weighted by atomic mass is 9.55. The first-order chi connectivity index (χ1) is 10.5. The molecule has 1 aromatic rings. The number of methoxy groups -OCH3 is 1. The Balaban J connectivity index is 1.70. The van der Waals surface area contributed by atoms with Crippen molar-refractivity contribution < 1.29 is 14.3 Å². The molecule has 0 radical (unpaired) electrons. The zero-order chi connectivity index (χ0) is 15.7. The van der Waals surface area contributed by atoms with E-state index in [1.165, 1.54) is 0 Å². The minimum Gasteiger partial charge on any atom is -0.380 e. The van der Waals surface area contributed by atoms with E-state index in [0.717, 1.165) is 25.0 Å². The fourth-order valence-corrected chi connectivity index (χ4v) is 4.01. The third-order valence-electron chi connectivity index (χ3n) is 5.12. The molecule has 3 atom stereocenters. The molecule has 0 unspecified atom stereocenters. The maximum Gasteiger partial charge on any atom is 0.251 e. The highest BCUT2D eigenvalue weighted by atomic mass is 16.5. The van der Waals surface area contributed by atoms with Crippen LogP contribution in [-0.4, -0.2) is 31.8 Å². The molecule has 22 heavy (non-hydrogen) atoms. The molecule has 2 aliphatic rings. The van der Waals surface area contributed by atoms with Crippen LogP contribution in [0.15, 0.2) is 24.3 Å². The third kappa shape index (κ3) is 2.66. The molecule has 4 nitrogen and oxygen atoms in total. The average Bonchev–Trinajstić information content (AvgIpc) is 2.53. The van der Waals surface area contributed by atoms with Gasteiger partial charge in [0.05, 0.1) is 12.7 Å². The number of fused-ring (bicyclic) bond motifs is 1. The number of hydrogen-bond donors (Lipinski definition) is 1. The first kappa shape index (κ1) is 15.5. The molecular formula is C18H25NO3. The summed E-state index contributed by atoms with van der Waals surface area (Å²) < 4.78 is 11.0. The summed E-state index contributed by atoms with van der Waals surface area (Å²) in [6, 6.07) is 7.82. The molecule has 0 spiro atoms. The molecular weight excluding hydrogens is 278 g/mol. The molecule has 120 valence electrons. The number of amides is 1. The molecule has 3 rings (SSSR count). The third-order valence-corrected chi connectivity index (χ3v) is 5.12. The van der Waals surface area contributed by atoms with Crippen LogP contribution in [0.2, 0.25) is 0 Å². The van der Waals surface area contributed by atoms with Gasteiger partial charge in [0.15, 0.2) is 0 Å². The second kappa shape index (κ2) is 6.01. The lowest BCUT2D eigenvalue weighted by molar-refractivity contribution is -0.189. The minimum atomic E-state index is 0.0000477. The average molecular weight is 303 g/mol. The molecule has 1 amide bonds. The Morgan fingerprint density at radius 2 is 2.27 bits per heavy atom. The van der Waals surface area contributed by atoms with Crippen LogP contribution in [0, 0.1) is 11.3 Å². The number of nitrogens with one attached hydrogen (secondary N) is 1. The van der Waals surface area contributed by atoms with Crippen molar-refractivity contribution in [3.63, 3.8) is 0 Å². The van der Waals surface area contributed by atoms with E-state index < -0.39 is 0 Å². The van der Waals surface area contributed by atoms with Crippen LogP contribution in [0.3, 0.4) is 0 Å². The number of benzene rings is 1. The van der Waals surface area contributed by atoms with Gasteiger partial charge in [0.1, 0.15) is 0 Å². The van der Waals surface area contributed by atoms with Crippen molar-refractivity contribution in [2.75, 3.05) is 13.7 Å². The summed E-state index contributed by atoms with van der Waals surface area (Å²) in [6.45, 7) is 5.75. The highest BCUT2D eigenvalue weighted by Gasteiger charge is 2.58. The fraction of sp³-hybridized carbons (Fsp3) is 0.611. The zero-order valence-electron chi connectivity index (χ0n) is 13.6. The molecule has 1 aromatic carbocycles. The van der Waals surface area contributed by atoms with Crippen LogP contribution in [0.1, 0.15) is 42.6 Å². The van der Waals surface area contributed by atoms with Gasteiger partial charge in [-0.2, -0.15) is 0 Å². The van der Waals surface area contributed by atoms with Gasteiger partial charge in [-0.1, -0.05) is 26.0 Å². The summed E-state index contributed by atoms with van der Waals surface area (Å²) in [4.78, 5) is 12.6. The smallest absolute Gasteiger partial charge is 0.251 e. The van der Waals surface area contributed by atoms with Crippen molar-refractivity contribution in [3.05, 3.63) is 35.4 Å². The van der Waals surface area contributed by atoms with Crippen LogP contribution in [-0.2, 0) is 16.1 Å². The molecule has 1 saturated heterocycles. The van der Waals surface area contributed by atoms with Gasteiger partial charge in [-0.15, -0.1) is 0 Å². The predicted octanol–water partition coefficient (Wildman–Crippen LogP) is 2.77. The lowest BCUT2D eigenvalue weighted by Crippen LogP contribution is -2.70.